The minimum absolute atomic E-state index is 0.0389. The second-order valence-corrected chi connectivity index (χ2v) is 5.24. The zero-order valence-electron chi connectivity index (χ0n) is 10.4. The van der Waals surface area contributed by atoms with Crippen LogP contribution in [0.15, 0.2) is 16.7 Å². The van der Waals surface area contributed by atoms with E-state index in [1.807, 2.05) is 0 Å². The number of halogens is 1. The normalized spacial score (nSPS) is 10.3. The van der Waals surface area contributed by atoms with Crippen molar-refractivity contribution in [1.82, 2.24) is 15.5 Å². The first-order valence-electron chi connectivity index (χ1n) is 5.63. The van der Waals surface area contributed by atoms with Crippen molar-refractivity contribution >= 4 is 34.8 Å². The highest BCUT2D eigenvalue weighted by atomic mass is 35.5. The van der Waals surface area contributed by atoms with Crippen LogP contribution >= 0.6 is 22.9 Å². The number of ether oxygens (including phenoxy) is 1. The van der Waals surface area contributed by atoms with Crippen LogP contribution < -0.4 is 5.32 Å². The van der Waals surface area contributed by atoms with Gasteiger partial charge in [-0.3, -0.25) is 4.79 Å². The minimum atomic E-state index is -0.692. The van der Waals surface area contributed by atoms with Gasteiger partial charge in [0.2, 0.25) is 0 Å². The molecule has 7 nitrogen and oxygen atoms in total. The van der Waals surface area contributed by atoms with Crippen molar-refractivity contribution < 1.29 is 18.8 Å². The molecule has 2 rings (SSSR count). The van der Waals surface area contributed by atoms with Crippen LogP contribution in [-0.2, 0) is 11.3 Å². The number of aromatic nitrogens is 2. The lowest BCUT2D eigenvalue weighted by molar-refractivity contribution is 0.0470. The van der Waals surface area contributed by atoms with Crippen molar-refractivity contribution in [3.8, 4) is 0 Å². The Kier molecular flexibility index (Phi) is 4.70. The number of nitrogens with zero attached hydrogens (tertiary/aromatic N) is 2. The standard InChI is InChI=1S/C11H10ClN3O4S/c1-2-18-11(17)10-14-8(15-19-10)5-13-9(16)6-3-4-7(12)20-6/h3-4H,2,5H2,1H3,(H,13,16). The van der Waals surface area contributed by atoms with Gasteiger partial charge in [0.1, 0.15) is 0 Å². The summed E-state index contributed by atoms with van der Waals surface area (Å²) < 4.78 is 9.95. The van der Waals surface area contributed by atoms with Crippen LogP contribution in [0, 0.1) is 0 Å². The van der Waals surface area contributed by atoms with Gasteiger partial charge < -0.3 is 14.6 Å². The molecule has 0 aliphatic heterocycles. The Morgan fingerprint density at radius 1 is 1.50 bits per heavy atom. The molecule has 0 saturated carbocycles. The van der Waals surface area contributed by atoms with Crippen molar-refractivity contribution in [1.29, 1.82) is 0 Å². The van der Waals surface area contributed by atoms with E-state index in [4.69, 9.17) is 20.9 Å². The molecule has 0 atom stereocenters. The number of nitrogens with one attached hydrogen (secondary N) is 1. The van der Waals surface area contributed by atoms with Crippen LogP contribution in [0.3, 0.4) is 0 Å². The molecule has 0 unspecified atom stereocenters. The van der Waals surface area contributed by atoms with Crippen LogP contribution in [0.1, 0.15) is 33.1 Å². The first kappa shape index (κ1) is 14.5. The van der Waals surface area contributed by atoms with Gasteiger partial charge in [-0.2, -0.15) is 4.98 Å². The van der Waals surface area contributed by atoms with E-state index in [1.165, 1.54) is 0 Å². The lowest BCUT2D eigenvalue weighted by atomic mass is 10.4. The highest BCUT2D eigenvalue weighted by molar-refractivity contribution is 7.17. The Labute approximate surface area is 122 Å². The number of carbonyl (C=O) groups excluding carboxylic acids is 2. The van der Waals surface area contributed by atoms with Crippen LogP contribution in [0.25, 0.3) is 0 Å². The lowest BCUT2D eigenvalue weighted by Gasteiger charge is -1.98. The van der Waals surface area contributed by atoms with E-state index < -0.39 is 5.97 Å². The maximum Gasteiger partial charge on any atom is 0.397 e. The van der Waals surface area contributed by atoms with E-state index in [2.05, 4.69) is 15.5 Å². The molecule has 0 aromatic carbocycles. The molecule has 0 bridgehead atoms. The van der Waals surface area contributed by atoms with Gasteiger partial charge in [-0.1, -0.05) is 16.8 Å². The number of hydrogen-bond donors (Lipinski definition) is 1. The Balaban J connectivity index is 1.91. The summed E-state index contributed by atoms with van der Waals surface area (Å²) in [4.78, 5) is 27.3. The SMILES string of the molecule is CCOC(=O)c1nc(CNC(=O)c2ccc(Cl)s2)no1. The largest absolute Gasteiger partial charge is 0.459 e. The fourth-order valence-electron chi connectivity index (χ4n) is 1.28. The molecule has 0 aliphatic rings. The predicted octanol–water partition coefficient (Wildman–Crippen LogP) is 1.89. The van der Waals surface area contributed by atoms with E-state index in [-0.39, 0.29) is 30.8 Å². The Bertz CT molecular complexity index is 625. The first-order valence-corrected chi connectivity index (χ1v) is 6.83. The summed E-state index contributed by atoms with van der Waals surface area (Å²) in [7, 11) is 0. The fraction of sp³-hybridized carbons (Fsp3) is 0.273. The zero-order valence-corrected chi connectivity index (χ0v) is 12.0. The second-order valence-electron chi connectivity index (χ2n) is 3.52. The average Bonchev–Trinajstić information content (AvgIpc) is 3.05. The van der Waals surface area contributed by atoms with Crippen molar-refractivity contribution in [3.05, 3.63) is 33.1 Å². The monoisotopic (exact) mass is 315 g/mol. The molecular formula is C11H10ClN3O4S. The number of amides is 1. The second kappa shape index (κ2) is 6.49. The van der Waals surface area contributed by atoms with E-state index in [0.717, 1.165) is 11.3 Å². The first-order chi connectivity index (χ1) is 9.60. The summed E-state index contributed by atoms with van der Waals surface area (Å²) in [5.74, 6) is -1.05. The number of rotatable bonds is 5. The van der Waals surface area contributed by atoms with E-state index in [0.29, 0.717) is 9.21 Å². The molecular weight excluding hydrogens is 306 g/mol. The van der Waals surface area contributed by atoms with Gasteiger partial charge in [-0.05, 0) is 19.1 Å². The maximum absolute atomic E-state index is 11.7. The lowest BCUT2D eigenvalue weighted by Crippen LogP contribution is -2.22. The maximum atomic E-state index is 11.7. The fourth-order valence-corrected chi connectivity index (χ4v) is 2.24. The molecule has 0 aliphatic carbocycles. The van der Waals surface area contributed by atoms with Gasteiger partial charge in [0.15, 0.2) is 5.82 Å². The van der Waals surface area contributed by atoms with E-state index >= 15 is 0 Å². The number of carbonyl (C=O) groups is 2. The summed E-state index contributed by atoms with van der Waals surface area (Å²) >= 11 is 6.90. The summed E-state index contributed by atoms with van der Waals surface area (Å²) in [6.45, 7) is 1.92. The van der Waals surface area contributed by atoms with Crippen LogP contribution in [0.2, 0.25) is 4.34 Å². The van der Waals surface area contributed by atoms with Gasteiger partial charge in [-0.25, -0.2) is 4.79 Å². The molecule has 9 heteroatoms. The molecule has 106 valence electrons. The molecule has 0 saturated heterocycles. The van der Waals surface area contributed by atoms with Crippen LogP contribution in [-0.4, -0.2) is 28.6 Å². The van der Waals surface area contributed by atoms with E-state index in [9.17, 15) is 9.59 Å². The summed E-state index contributed by atoms with van der Waals surface area (Å²) in [5, 5.41) is 6.15. The topological polar surface area (TPSA) is 94.3 Å². The van der Waals surface area contributed by atoms with Gasteiger partial charge in [-0.15, -0.1) is 11.3 Å². The van der Waals surface area contributed by atoms with Gasteiger partial charge in [0.25, 0.3) is 5.91 Å². The Morgan fingerprint density at radius 3 is 2.95 bits per heavy atom. The van der Waals surface area contributed by atoms with Gasteiger partial charge in [0, 0.05) is 0 Å². The van der Waals surface area contributed by atoms with Crippen molar-refractivity contribution in [2.75, 3.05) is 6.61 Å². The molecule has 1 N–H and O–H groups in total. The molecule has 20 heavy (non-hydrogen) atoms. The average molecular weight is 316 g/mol. The molecule has 2 aromatic heterocycles. The summed E-state index contributed by atoms with van der Waals surface area (Å²) in [6.07, 6.45) is 0. The highest BCUT2D eigenvalue weighted by Gasteiger charge is 2.17. The number of hydrogen-bond acceptors (Lipinski definition) is 7. The van der Waals surface area contributed by atoms with Crippen LogP contribution in [0.4, 0.5) is 0 Å². The summed E-state index contributed by atoms with van der Waals surface area (Å²) in [6, 6.07) is 3.25. The molecule has 1 amide bonds. The Hall–Kier alpha value is -1.93. The van der Waals surface area contributed by atoms with Crippen LogP contribution in [0.5, 0.6) is 0 Å². The molecule has 0 radical (unpaired) electrons. The quantitative estimate of drug-likeness (QED) is 0.847. The summed E-state index contributed by atoms with van der Waals surface area (Å²) in [5.41, 5.74) is 0. The highest BCUT2D eigenvalue weighted by Crippen LogP contribution is 2.21. The van der Waals surface area contributed by atoms with Gasteiger partial charge in [0.05, 0.1) is 22.4 Å². The number of thiophene rings is 1. The van der Waals surface area contributed by atoms with E-state index in [1.54, 1.807) is 19.1 Å². The molecule has 0 spiro atoms. The minimum Gasteiger partial charge on any atom is -0.459 e. The third-order valence-electron chi connectivity index (χ3n) is 2.12. The molecule has 2 aromatic rings. The zero-order chi connectivity index (χ0) is 14.5. The van der Waals surface area contributed by atoms with Gasteiger partial charge >= 0.3 is 11.9 Å². The van der Waals surface area contributed by atoms with Crippen molar-refractivity contribution in [2.24, 2.45) is 0 Å². The third-order valence-corrected chi connectivity index (χ3v) is 3.35. The molecule has 0 fully saturated rings. The Morgan fingerprint density at radius 2 is 2.30 bits per heavy atom. The van der Waals surface area contributed by atoms with Crippen molar-refractivity contribution in [3.63, 3.8) is 0 Å². The predicted molar refractivity (Wildman–Crippen MR) is 70.8 cm³/mol. The third kappa shape index (κ3) is 3.55. The number of esters is 1. The smallest absolute Gasteiger partial charge is 0.397 e. The van der Waals surface area contributed by atoms with Crippen molar-refractivity contribution in [2.45, 2.75) is 13.5 Å². The molecule has 2 heterocycles.